The van der Waals surface area contributed by atoms with Gasteiger partial charge in [0.1, 0.15) is 16.9 Å². The van der Waals surface area contributed by atoms with E-state index in [4.69, 9.17) is 9.72 Å². The Labute approximate surface area is 136 Å². The van der Waals surface area contributed by atoms with Crippen LogP contribution in [0.4, 0.5) is 0 Å². The highest BCUT2D eigenvalue weighted by Gasteiger charge is 2.29. The van der Waals surface area contributed by atoms with Gasteiger partial charge in [0.2, 0.25) is 0 Å². The zero-order valence-electron chi connectivity index (χ0n) is 13.5. The lowest BCUT2D eigenvalue weighted by atomic mass is 10.2. The summed E-state index contributed by atoms with van der Waals surface area (Å²) in [5.74, 6) is 1.16. The van der Waals surface area contributed by atoms with Crippen molar-refractivity contribution < 1.29 is 4.74 Å². The molecule has 0 spiro atoms. The lowest BCUT2D eigenvalue weighted by Gasteiger charge is -2.23. The van der Waals surface area contributed by atoms with Crippen LogP contribution in [0.3, 0.4) is 0 Å². The molecule has 1 aliphatic rings. The largest absolute Gasteiger partial charge is 0.372 e. The second-order valence-electron chi connectivity index (χ2n) is 5.80. The number of rotatable bonds is 6. The van der Waals surface area contributed by atoms with Crippen LogP contribution >= 0.6 is 11.3 Å². The summed E-state index contributed by atoms with van der Waals surface area (Å²) in [5, 5.41) is 3.24. The Morgan fingerprint density at radius 3 is 3.09 bits per heavy atom. The van der Waals surface area contributed by atoms with Crippen LogP contribution in [-0.2, 0) is 18.3 Å². The maximum Gasteiger partial charge on any atom is 0.125 e. The minimum Gasteiger partial charge on any atom is -0.372 e. The molecule has 120 valence electrons. The molecule has 2 aromatic rings. The fraction of sp³-hybridized carbons (Fsp3) is 0.625. The van der Waals surface area contributed by atoms with E-state index < -0.39 is 0 Å². The number of aryl methyl sites for hydroxylation is 1. The summed E-state index contributed by atoms with van der Waals surface area (Å²) >= 11 is 1.70. The van der Waals surface area contributed by atoms with E-state index in [1.54, 1.807) is 11.3 Å². The topological polar surface area (TPSA) is 43.2 Å². The van der Waals surface area contributed by atoms with Gasteiger partial charge in [-0.3, -0.25) is 4.90 Å². The van der Waals surface area contributed by atoms with Crippen LogP contribution < -0.4 is 0 Å². The van der Waals surface area contributed by atoms with Crippen molar-refractivity contribution in [2.24, 2.45) is 7.05 Å². The molecule has 0 aromatic carbocycles. The highest BCUT2D eigenvalue weighted by atomic mass is 32.1. The van der Waals surface area contributed by atoms with Crippen LogP contribution in [0.1, 0.15) is 55.4 Å². The molecule has 0 aliphatic carbocycles. The molecular weight excluding hydrogens is 296 g/mol. The molecule has 0 bridgehead atoms. The van der Waals surface area contributed by atoms with Crippen molar-refractivity contribution in [3.63, 3.8) is 0 Å². The molecule has 0 radical (unpaired) electrons. The Kier molecular flexibility index (Phi) is 4.90. The van der Waals surface area contributed by atoms with E-state index in [0.717, 1.165) is 36.2 Å². The molecule has 1 saturated heterocycles. The molecule has 2 atom stereocenters. The van der Waals surface area contributed by atoms with Gasteiger partial charge in [0.25, 0.3) is 0 Å². The van der Waals surface area contributed by atoms with E-state index in [9.17, 15) is 0 Å². The highest BCUT2D eigenvalue weighted by molar-refractivity contribution is 7.09. The Hall–Kier alpha value is -1.24. The van der Waals surface area contributed by atoms with Crippen LogP contribution in [-0.4, -0.2) is 32.6 Å². The molecule has 0 unspecified atom stereocenters. The highest BCUT2D eigenvalue weighted by Crippen LogP contribution is 2.32. The molecule has 6 heteroatoms. The van der Waals surface area contributed by atoms with Crippen LogP contribution in [0, 0.1) is 0 Å². The van der Waals surface area contributed by atoms with Crippen LogP contribution in [0.15, 0.2) is 17.8 Å². The third kappa shape index (κ3) is 3.24. The molecule has 5 nitrogen and oxygen atoms in total. The van der Waals surface area contributed by atoms with Crippen molar-refractivity contribution >= 4 is 11.3 Å². The Bertz CT molecular complexity index is 609. The second kappa shape index (κ2) is 6.89. The monoisotopic (exact) mass is 320 g/mol. The maximum atomic E-state index is 5.63. The Morgan fingerprint density at radius 2 is 2.36 bits per heavy atom. The summed E-state index contributed by atoms with van der Waals surface area (Å²) in [6.07, 6.45) is 6.40. The third-order valence-corrected chi connectivity index (χ3v) is 5.27. The van der Waals surface area contributed by atoms with Gasteiger partial charge < -0.3 is 9.30 Å². The van der Waals surface area contributed by atoms with Crippen LogP contribution in [0.5, 0.6) is 0 Å². The van der Waals surface area contributed by atoms with E-state index in [1.807, 2.05) is 19.3 Å². The smallest absolute Gasteiger partial charge is 0.125 e. The van der Waals surface area contributed by atoms with Gasteiger partial charge in [-0.15, -0.1) is 11.3 Å². The normalized spacial score (nSPS) is 20.6. The molecule has 3 rings (SSSR count). The fourth-order valence-electron chi connectivity index (χ4n) is 3.12. The number of ether oxygens (including phenoxy) is 1. The minimum absolute atomic E-state index is 0.0904. The molecule has 1 aliphatic heterocycles. The Balaban J connectivity index is 1.69. The van der Waals surface area contributed by atoms with E-state index in [2.05, 4.69) is 33.8 Å². The first-order valence-electron chi connectivity index (χ1n) is 7.96. The van der Waals surface area contributed by atoms with Gasteiger partial charge in [0, 0.05) is 38.0 Å². The number of hydrogen-bond acceptors (Lipinski definition) is 5. The maximum absolute atomic E-state index is 5.63. The summed E-state index contributed by atoms with van der Waals surface area (Å²) in [5.41, 5.74) is 1.15. The number of thiazole rings is 1. The molecule has 22 heavy (non-hydrogen) atoms. The van der Waals surface area contributed by atoms with Gasteiger partial charge in [-0.2, -0.15) is 0 Å². The molecule has 0 amide bonds. The molecule has 1 fully saturated rings. The van der Waals surface area contributed by atoms with Crippen molar-refractivity contribution in [1.82, 2.24) is 19.4 Å². The van der Waals surface area contributed by atoms with Gasteiger partial charge in [0.15, 0.2) is 0 Å². The standard InChI is InChI=1S/C16H24N4OS/c1-4-21-12(2)16-18-13(11-22-16)10-20-8-5-6-14(20)15-17-7-9-19(15)3/h7,9,11-12,14H,4-6,8,10H2,1-3H3/t12-,14-/m0/s1. The average molecular weight is 320 g/mol. The van der Waals surface area contributed by atoms with Gasteiger partial charge >= 0.3 is 0 Å². The lowest BCUT2D eigenvalue weighted by molar-refractivity contribution is 0.0760. The minimum atomic E-state index is 0.0904. The second-order valence-corrected chi connectivity index (χ2v) is 6.69. The predicted octanol–water partition coefficient (Wildman–Crippen LogP) is 3.31. The van der Waals surface area contributed by atoms with Crippen molar-refractivity contribution in [3.05, 3.63) is 34.3 Å². The molecule has 3 heterocycles. The number of hydrogen-bond donors (Lipinski definition) is 0. The predicted molar refractivity (Wildman–Crippen MR) is 87.7 cm³/mol. The van der Waals surface area contributed by atoms with E-state index >= 15 is 0 Å². The fourth-order valence-corrected chi connectivity index (χ4v) is 3.93. The summed E-state index contributed by atoms with van der Waals surface area (Å²) in [7, 11) is 2.07. The molecule has 0 saturated carbocycles. The van der Waals surface area contributed by atoms with E-state index in [1.165, 1.54) is 12.8 Å². The zero-order chi connectivity index (χ0) is 15.5. The van der Waals surface area contributed by atoms with Crippen molar-refractivity contribution in [1.29, 1.82) is 0 Å². The van der Waals surface area contributed by atoms with Gasteiger partial charge in [-0.25, -0.2) is 9.97 Å². The van der Waals surface area contributed by atoms with Gasteiger partial charge in [0.05, 0.1) is 11.7 Å². The summed E-state index contributed by atoms with van der Waals surface area (Å²) < 4.78 is 7.76. The summed E-state index contributed by atoms with van der Waals surface area (Å²) in [4.78, 5) is 11.8. The summed E-state index contributed by atoms with van der Waals surface area (Å²) in [6, 6.07) is 0.412. The van der Waals surface area contributed by atoms with Crippen molar-refractivity contribution in [2.75, 3.05) is 13.2 Å². The average Bonchev–Trinajstić information content (AvgIpc) is 3.20. The van der Waals surface area contributed by atoms with E-state index in [-0.39, 0.29) is 6.10 Å². The molecule has 0 N–H and O–H groups in total. The number of aromatic nitrogens is 3. The van der Waals surface area contributed by atoms with Crippen LogP contribution in [0.25, 0.3) is 0 Å². The van der Waals surface area contributed by atoms with Crippen molar-refractivity contribution in [3.8, 4) is 0 Å². The van der Waals surface area contributed by atoms with Crippen molar-refractivity contribution in [2.45, 2.75) is 45.4 Å². The quantitative estimate of drug-likeness (QED) is 0.819. The number of likely N-dealkylation sites (tertiary alicyclic amines) is 1. The zero-order valence-corrected chi connectivity index (χ0v) is 14.3. The number of imidazole rings is 1. The molecule has 2 aromatic heterocycles. The van der Waals surface area contributed by atoms with Gasteiger partial charge in [-0.1, -0.05) is 0 Å². The van der Waals surface area contributed by atoms with Gasteiger partial charge in [-0.05, 0) is 33.2 Å². The SMILES string of the molecule is CCO[C@@H](C)c1nc(CN2CCC[C@H]2c2nccn2C)cs1. The summed E-state index contributed by atoms with van der Waals surface area (Å²) in [6.45, 7) is 6.83. The van der Waals surface area contributed by atoms with E-state index in [0.29, 0.717) is 6.04 Å². The number of nitrogens with zero attached hydrogens (tertiary/aromatic N) is 4. The lowest BCUT2D eigenvalue weighted by Crippen LogP contribution is -2.25. The van der Waals surface area contributed by atoms with Crippen LogP contribution in [0.2, 0.25) is 0 Å². The first kappa shape index (κ1) is 15.6. The molecular formula is C16H24N4OS. The third-order valence-electron chi connectivity index (χ3n) is 4.22. The first-order chi connectivity index (χ1) is 10.7. The first-order valence-corrected chi connectivity index (χ1v) is 8.84. The Morgan fingerprint density at radius 1 is 1.50 bits per heavy atom.